The monoisotopic (exact) mass is 783 g/mol. The number of carbonyl (C=O) groups is 1. The van der Waals surface area contributed by atoms with E-state index in [4.69, 9.17) is 5.11 Å². The Balaban J connectivity index is 0.000000623. The molecule has 213 valence electrons. The Morgan fingerprint density at radius 1 is 0.950 bits per heavy atom. The number of benzene rings is 3. The number of carbonyl (C=O) groups excluding carboxylic acids is 1. The first kappa shape index (κ1) is 33.5. The van der Waals surface area contributed by atoms with E-state index < -0.39 is 24.9 Å². The molecule has 0 spiro atoms. The summed E-state index contributed by atoms with van der Waals surface area (Å²) >= 11 is -2.18. The molecule has 1 aromatic heterocycles. The first-order valence-corrected chi connectivity index (χ1v) is 20.2. The van der Waals surface area contributed by atoms with Crippen molar-refractivity contribution >= 4 is 34.2 Å². The van der Waals surface area contributed by atoms with E-state index in [0.717, 1.165) is 20.7 Å². The van der Waals surface area contributed by atoms with Crippen LogP contribution in [0.3, 0.4) is 0 Å². The molecule has 1 radical (unpaired) electrons. The van der Waals surface area contributed by atoms with E-state index in [9.17, 15) is 9.18 Å². The summed E-state index contributed by atoms with van der Waals surface area (Å²) in [6.45, 7) is 9.34. The van der Waals surface area contributed by atoms with Crippen LogP contribution in [0, 0.1) is 17.7 Å². The molecule has 4 rings (SSSR count). The van der Waals surface area contributed by atoms with Crippen molar-refractivity contribution in [3.63, 3.8) is 0 Å². The Kier molecular flexibility index (Phi) is 11.2. The average Bonchev–Trinajstić information content (AvgIpc) is 2.82. The third-order valence-corrected chi connectivity index (χ3v) is 10.5. The summed E-state index contributed by atoms with van der Waals surface area (Å²) in [4.78, 5) is 14.3. The first-order valence-electron chi connectivity index (χ1n) is 12.9. The fourth-order valence-corrected chi connectivity index (χ4v) is 6.67. The SMILES string of the molecule is CC(=O)/C=C(/C)O.CC(C)(C)c1cc(-c2cc(-c3cc[c]([Ge]([CH3])([CH3])[CH3])cc3F)c(F)cn2)[c-]c2ccccc12.[Ir]. The number of aromatic nitrogens is 1. The fourth-order valence-electron chi connectivity index (χ4n) is 4.28. The third kappa shape index (κ3) is 8.42. The summed E-state index contributed by atoms with van der Waals surface area (Å²) in [5.74, 6) is 5.64. The molecule has 0 bridgehead atoms. The van der Waals surface area contributed by atoms with Crippen LogP contribution in [0.5, 0.6) is 0 Å². The maximum atomic E-state index is 15.0. The molecule has 0 aliphatic rings. The molecule has 0 aliphatic heterocycles. The number of hydrogen-bond donors (Lipinski definition) is 1. The Morgan fingerprint density at radius 2 is 1.60 bits per heavy atom. The second-order valence-corrected chi connectivity index (χ2v) is 22.4. The molecule has 0 unspecified atom stereocenters. The van der Waals surface area contributed by atoms with Gasteiger partial charge in [-0.3, -0.25) is 4.79 Å². The summed E-state index contributed by atoms with van der Waals surface area (Å²) in [5, 5.41) is 10.5. The summed E-state index contributed by atoms with van der Waals surface area (Å²) < 4.78 is 30.9. The molecule has 4 aromatic rings. The van der Waals surface area contributed by atoms with Gasteiger partial charge in [0.2, 0.25) is 0 Å². The van der Waals surface area contributed by atoms with Crippen LogP contribution >= 0.6 is 0 Å². The molecule has 40 heavy (non-hydrogen) atoms. The molecule has 1 N–H and O–H groups in total. The van der Waals surface area contributed by atoms with E-state index in [2.05, 4.69) is 61.2 Å². The Labute approximate surface area is 252 Å². The number of aliphatic hydroxyl groups excluding tert-OH is 1. The quantitative estimate of drug-likeness (QED) is 0.0979. The Hall–Kier alpha value is -2.67. The van der Waals surface area contributed by atoms with E-state index >= 15 is 4.39 Å². The van der Waals surface area contributed by atoms with Gasteiger partial charge in [0.25, 0.3) is 0 Å². The molecule has 7 heteroatoms. The summed E-state index contributed by atoms with van der Waals surface area (Å²) in [6.07, 6.45) is 2.35. The van der Waals surface area contributed by atoms with Crippen molar-refractivity contribution in [2.24, 2.45) is 0 Å². The summed E-state index contributed by atoms with van der Waals surface area (Å²) in [5.41, 5.74) is 2.91. The number of allylic oxidation sites excluding steroid dienone is 2. The minimum Gasteiger partial charge on any atom is 0 e. The molecule has 0 fully saturated rings. The van der Waals surface area contributed by atoms with Gasteiger partial charge in [-0.1, -0.05) is 6.07 Å². The van der Waals surface area contributed by atoms with Gasteiger partial charge < -0.3 is 5.11 Å². The Morgan fingerprint density at radius 3 is 2.12 bits per heavy atom. The van der Waals surface area contributed by atoms with E-state index in [0.29, 0.717) is 5.69 Å². The number of rotatable bonds is 4. The zero-order valence-electron chi connectivity index (χ0n) is 24.2. The first-order chi connectivity index (χ1) is 18.1. The number of fused-ring (bicyclic) bond motifs is 1. The molecular formula is C33H36F2GeIrNO2-. The average molecular weight is 781 g/mol. The van der Waals surface area contributed by atoms with Gasteiger partial charge in [-0.05, 0) is 13.8 Å². The largest absolute Gasteiger partial charge is 0 e. The van der Waals surface area contributed by atoms with Gasteiger partial charge in [0.15, 0.2) is 5.78 Å². The van der Waals surface area contributed by atoms with Crippen molar-refractivity contribution < 1.29 is 38.8 Å². The normalized spacial score (nSPS) is 11.9. The van der Waals surface area contributed by atoms with Gasteiger partial charge in [0, 0.05) is 26.2 Å². The number of aliphatic hydroxyl groups is 1. The number of nitrogens with zero attached hydrogens (tertiary/aromatic N) is 1. The van der Waals surface area contributed by atoms with Crippen molar-refractivity contribution in [1.82, 2.24) is 4.98 Å². The van der Waals surface area contributed by atoms with Gasteiger partial charge >= 0.3 is 186 Å². The van der Waals surface area contributed by atoms with Crippen LogP contribution in [-0.2, 0) is 30.3 Å². The van der Waals surface area contributed by atoms with E-state index in [1.165, 1.54) is 31.7 Å². The van der Waals surface area contributed by atoms with Crippen molar-refractivity contribution in [2.45, 2.75) is 57.3 Å². The maximum absolute atomic E-state index is 15.0. The fraction of sp³-hybridized carbons (Fsp3) is 0.273. The minimum absolute atomic E-state index is 0. The molecule has 0 aliphatic carbocycles. The van der Waals surface area contributed by atoms with E-state index in [1.807, 2.05) is 24.3 Å². The molecule has 3 nitrogen and oxygen atoms in total. The van der Waals surface area contributed by atoms with E-state index in [1.54, 1.807) is 18.2 Å². The summed E-state index contributed by atoms with van der Waals surface area (Å²) in [6, 6.07) is 20.5. The van der Waals surface area contributed by atoms with Gasteiger partial charge in [0.05, 0.1) is 5.76 Å². The van der Waals surface area contributed by atoms with E-state index in [-0.39, 0.29) is 48.2 Å². The number of pyridine rings is 1. The minimum atomic E-state index is -2.18. The smallest absolute Gasteiger partial charge is 0 e. The van der Waals surface area contributed by atoms with Crippen molar-refractivity contribution in [1.29, 1.82) is 0 Å². The second-order valence-electron chi connectivity index (χ2n) is 11.8. The van der Waals surface area contributed by atoms with Gasteiger partial charge in [-0.25, -0.2) is 0 Å². The third-order valence-electron chi connectivity index (χ3n) is 6.25. The van der Waals surface area contributed by atoms with Gasteiger partial charge in [0.1, 0.15) is 0 Å². The topological polar surface area (TPSA) is 50.2 Å². The molecule has 0 saturated carbocycles. The molecular weight excluding hydrogens is 745 g/mol. The standard InChI is InChI=1S/C28H28F2GeN.C5H8O2.Ir/c1-28(2,3)24-14-19(13-18-9-7-8-10-21(18)24)27-16-23(26(30)17-32-27)22-12-11-20(15-25(22)29)31(4,5)6;1-4(6)3-5(2)7;/h7-12,14-17H,1-6H3;3,6H,1-2H3;/q-1;;/b;4-3-;. The van der Waals surface area contributed by atoms with Gasteiger partial charge in [-0.15, -0.1) is 0 Å². The molecule has 0 saturated heterocycles. The number of halogens is 2. The molecule has 1 heterocycles. The predicted molar refractivity (Wildman–Crippen MR) is 160 cm³/mol. The number of ketones is 1. The van der Waals surface area contributed by atoms with Gasteiger partial charge in [-0.2, -0.15) is 0 Å². The van der Waals surface area contributed by atoms with Crippen LogP contribution in [0.1, 0.15) is 40.2 Å². The zero-order chi connectivity index (χ0) is 29.1. The van der Waals surface area contributed by atoms with Crippen LogP contribution in [0.2, 0.25) is 17.3 Å². The van der Waals surface area contributed by atoms with Crippen molar-refractivity contribution in [3.05, 3.63) is 95.9 Å². The van der Waals surface area contributed by atoms with Crippen molar-refractivity contribution in [2.75, 3.05) is 0 Å². The van der Waals surface area contributed by atoms with Crippen LogP contribution in [0.25, 0.3) is 33.2 Å². The maximum Gasteiger partial charge on any atom is 0 e. The van der Waals surface area contributed by atoms with Crippen LogP contribution in [0.4, 0.5) is 8.78 Å². The molecule has 3 aromatic carbocycles. The van der Waals surface area contributed by atoms with Crippen molar-refractivity contribution in [3.8, 4) is 22.4 Å². The molecule has 0 amide bonds. The van der Waals surface area contributed by atoms with Crippen LogP contribution in [-0.4, -0.2) is 29.1 Å². The Bertz CT molecular complexity index is 1550. The van der Waals surface area contributed by atoms with Crippen LogP contribution < -0.4 is 4.40 Å². The molecule has 0 atom stereocenters. The number of hydrogen-bond acceptors (Lipinski definition) is 3. The second kappa shape index (κ2) is 13.3. The predicted octanol–water partition coefficient (Wildman–Crippen LogP) is 8.52. The summed E-state index contributed by atoms with van der Waals surface area (Å²) in [7, 11) is 0. The van der Waals surface area contributed by atoms with Crippen LogP contribution in [0.15, 0.2) is 72.6 Å². The zero-order valence-corrected chi connectivity index (χ0v) is 28.7.